The number of alkyl halides is 4. The van der Waals surface area contributed by atoms with Crippen LogP contribution in [0.2, 0.25) is 0 Å². The number of benzene rings is 1. The monoisotopic (exact) mass is 266 g/mol. The maximum atomic E-state index is 13.6. The van der Waals surface area contributed by atoms with E-state index in [-0.39, 0.29) is 11.3 Å². The highest BCUT2D eigenvalue weighted by atomic mass is 19.4. The molecule has 0 heterocycles. The Bertz CT molecular complexity index is 444. The highest BCUT2D eigenvalue weighted by molar-refractivity contribution is 5.79. The lowest BCUT2D eigenvalue weighted by Gasteiger charge is -2.23. The van der Waals surface area contributed by atoms with E-state index >= 15 is 0 Å². The predicted molar refractivity (Wildman–Crippen MR) is 54.2 cm³/mol. The first-order valence-electron chi connectivity index (χ1n) is 4.82. The number of carboxylic acid groups (broad SMARTS) is 1. The van der Waals surface area contributed by atoms with Crippen LogP contribution in [0.25, 0.3) is 0 Å². The van der Waals surface area contributed by atoms with E-state index in [1.54, 1.807) is 0 Å². The third-order valence-corrected chi connectivity index (χ3v) is 2.37. The van der Waals surface area contributed by atoms with Gasteiger partial charge in [0.15, 0.2) is 0 Å². The van der Waals surface area contributed by atoms with E-state index in [0.717, 1.165) is 6.07 Å². The van der Waals surface area contributed by atoms with Gasteiger partial charge >= 0.3 is 17.8 Å². The fourth-order valence-electron chi connectivity index (χ4n) is 1.36. The number of halogens is 4. The molecular formula is C11H10F4O3. The van der Waals surface area contributed by atoms with E-state index in [4.69, 9.17) is 9.84 Å². The van der Waals surface area contributed by atoms with Crippen molar-refractivity contribution in [2.24, 2.45) is 0 Å². The average Bonchev–Trinajstić information content (AvgIpc) is 2.27. The molecule has 0 aliphatic carbocycles. The van der Waals surface area contributed by atoms with Gasteiger partial charge in [-0.3, -0.25) is 0 Å². The second-order valence-electron chi connectivity index (χ2n) is 3.63. The third-order valence-electron chi connectivity index (χ3n) is 2.37. The molecule has 1 rings (SSSR count). The maximum absolute atomic E-state index is 13.6. The topological polar surface area (TPSA) is 46.5 Å². The van der Waals surface area contributed by atoms with Crippen LogP contribution in [-0.4, -0.2) is 30.0 Å². The quantitative estimate of drug-likeness (QED) is 0.852. The summed E-state index contributed by atoms with van der Waals surface area (Å²) in [6.07, 6.45) is -6.79. The Morgan fingerprint density at radius 2 is 1.94 bits per heavy atom. The molecule has 0 aliphatic heterocycles. The summed E-state index contributed by atoms with van der Waals surface area (Å²) in [7, 11) is 1.29. The van der Waals surface area contributed by atoms with Gasteiger partial charge in [-0.2, -0.15) is 13.2 Å². The minimum atomic E-state index is -5.48. The normalized spacial score (nSPS) is 14.9. The van der Waals surface area contributed by atoms with Crippen LogP contribution in [0.3, 0.4) is 0 Å². The lowest BCUT2D eigenvalue weighted by Crippen LogP contribution is -2.49. The molecular weight excluding hydrogens is 256 g/mol. The van der Waals surface area contributed by atoms with E-state index in [2.05, 4.69) is 0 Å². The van der Waals surface area contributed by atoms with Crippen molar-refractivity contribution >= 4 is 5.97 Å². The van der Waals surface area contributed by atoms with Crippen molar-refractivity contribution in [3.05, 3.63) is 29.8 Å². The molecule has 0 bridgehead atoms. The van der Waals surface area contributed by atoms with Crippen molar-refractivity contribution in [1.29, 1.82) is 0 Å². The molecule has 0 radical (unpaired) electrons. The summed E-state index contributed by atoms with van der Waals surface area (Å²) in [6.45, 7) is 0. The first kappa shape index (κ1) is 14.3. The molecule has 0 fully saturated rings. The van der Waals surface area contributed by atoms with Gasteiger partial charge in [-0.1, -0.05) is 12.1 Å². The van der Waals surface area contributed by atoms with E-state index in [0.29, 0.717) is 0 Å². The predicted octanol–water partition coefficient (Wildman–Crippen LogP) is 2.59. The second-order valence-corrected chi connectivity index (χ2v) is 3.63. The molecule has 0 amide bonds. The minimum absolute atomic E-state index is 0.114. The van der Waals surface area contributed by atoms with Crippen LogP contribution in [0.15, 0.2) is 24.3 Å². The van der Waals surface area contributed by atoms with Crippen molar-refractivity contribution in [3.63, 3.8) is 0 Å². The van der Waals surface area contributed by atoms with Gasteiger partial charge in [-0.15, -0.1) is 0 Å². The van der Waals surface area contributed by atoms with Crippen molar-refractivity contribution in [2.45, 2.75) is 18.3 Å². The number of carboxylic acids is 1. The minimum Gasteiger partial charge on any atom is -0.497 e. The zero-order valence-corrected chi connectivity index (χ0v) is 9.29. The van der Waals surface area contributed by atoms with Gasteiger partial charge in [0.05, 0.1) is 7.11 Å². The number of rotatable bonds is 4. The summed E-state index contributed by atoms with van der Waals surface area (Å²) in [5.41, 5.74) is -4.42. The number of methoxy groups -OCH3 is 1. The van der Waals surface area contributed by atoms with Gasteiger partial charge in [0.25, 0.3) is 0 Å². The van der Waals surface area contributed by atoms with Gasteiger partial charge in [-0.25, -0.2) is 9.18 Å². The Labute approximate surface area is 100.0 Å². The summed E-state index contributed by atoms with van der Waals surface area (Å²) >= 11 is 0. The average molecular weight is 266 g/mol. The summed E-state index contributed by atoms with van der Waals surface area (Å²) in [5, 5.41) is 8.43. The Kier molecular flexibility index (Phi) is 3.83. The number of hydrogen-bond acceptors (Lipinski definition) is 2. The molecule has 1 atom stereocenters. The highest BCUT2D eigenvalue weighted by Crippen LogP contribution is 2.37. The van der Waals surface area contributed by atoms with E-state index in [9.17, 15) is 22.4 Å². The highest BCUT2D eigenvalue weighted by Gasteiger charge is 2.62. The SMILES string of the molecule is COc1cccc(CC(F)(C(=O)O)C(F)(F)F)c1. The van der Waals surface area contributed by atoms with Crippen molar-refractivity contribution < 1.29 is 32.2 Å². The lowest BCUT2D eigenvalue weighted by molar-refractivity contribution is -0.235. The van der Waals surface area contributed by atoms with E-state index < -0.39 is 24.2 Å². The Balaban J connectivity index is 3.08. The largest absolute Gasteiger partial charge is 0.497 e. The van der Waals surface area contributed by atoms with Crippen LogP contribution in [0.5, 0.6) is 5.75 Å². The van der Waals surface area contributed by atoms with Crippen LogP contribution < -0.4 is 4.74 Å². The molecule has 0 aliphatic rings. The zero-order chi connectivity index (χ0) is 14.0. The maximum Gasteiger partial charge on any atom is 0.433 e. The molecule has 0 saturated carbocycles. The molecule has 18 heavy (non-hydrogen) atoms. The first-order valence-corrected chi connectivity index (χ1v) is 4.82. The number of hydrogen-bond donors (Lipinski definition) is 1. The summed E-state index contributed by atoms with van der Waals surface area (Å²) < 4.78 is 55.6. The fourth-order valence-corrected chi connectivity index (χ4v) is 1.36. The number of carbonyl (C=O) groups is 1. The smallest absolute Gasteiger partial charge is 0.433 e. The van der Waals surface area contributed by atoms with Crippen molar-refractivity contribution in [1.82, 2.24) is 0 Å². The Morgan fingerprint density at radius 1 is 1.33 bits per heavy atom. The van der Waals surface area contributed by atoms with Crippen LogP contribution in [-0.2, 0) is 11.2 Å². The van der Waals surface area contributed by atoms with Gasteiger partial charge in [0, 0.05) is 6.42 Å². The molecule has 3 nitrogen and oxygen atoms in total. The molecule has 1 aromatic rings. The van der Waals surface area contributed by atoms with Gasteiger partial charge in [0.2, 0.25) is 0 Å². The van der Waals surface area contributed by atoms with Crippen molar-refractivity contribution in [2.75, 3.05) is 7.11 Å². The second kappa shape index (κ2) is 4.83. The van der Waals surface area contributed by atoms with Gasteiger partial charge in [0.1, 0.15) is 5.75 Å². The number of ether oxygens (including phenoxy) is 1. The first-order chi connectivity index (χ1) is 8.20. The molecule has 1 aromatic carbocycles. The van der Waals surface area contributed by atoms with Crippen LogP contribution in [0.1, 0.15) is 5.56 Å². The van der Waals surface area contributed by atoms with Crippen LogP contribution >= 0.6 is 0 Å². The molecule has 7 heteroatoms. The summed E-state index contributed by atoms with van der Waals surface area (Å²) in [6, 6.07) is 5.17. The van der Waals surface area contributed by atoms with Crippen LogP contribution in [0.4, 0.5) is 17.6 Å². The zero-order valence-electron chi connectivity index (χ0n) is 9.29. The van der Waals surface area contributed by atoms with E-state index in [1.807, 2.05) is 0 Å². The molecule has 0 saturated heterocycles. The standard InChI is InChI=1S/C11H10F4O3/c1-18-8-4-2-3-7(5-8)6-10(12,9(16)17)11(13,14)15/h2-5H,6H2,1H3,(H,16,17). The Hall–Kier alpha value is -1.79. The lowest BCUT2D eigenvalue weighted by atomic mass is 9.95. The molecule has 100 valence electrons. The van der Waals surface area contributed by atoms with Crippen molar-refractivity contribution in [3.8, 4) is 5.75 Å². The van der Waals surface area contributed by atoms with Gasteiger partial charge < -0.3 is 9.84 Å². The fraction of sp³-hybridized carbons (Fsp3) is 0.364. The summed E-state index contributed by atoms with van der Waals surface area (Å²) in [4.78, 5) is 10.5. The molecule has 0 aromatic heterocycles. The number of aliphatic carboxylic acids is 1. The third kappa shape index (κ3) is 2.72. The molecule has 0 spiro atoms. The molecule has 1 unspecified atom stereocenters. The van der Waals surface area contributed by atoms with Crippen LogP contribution in [0, 0.1) is 0 Å². The molecule has 1 N–H and O–H groups in total. The van der Waals surface area contributed by atoms with E-state index in [1.165, 1.54) is 25.3 Å². The summed E-state index contributed by atoms with van der Waals surface area (Å²) in [5.74, 6) is -2.33. The van der Waals surface area contributed by atoms with Gasteiger partial charge in [-0.05, 0) is 17.7 Å². The Morgan fingerprint density at radius 3 is 2.39 bits per heavy atom.